The smallest absolute Gasteiger partial charge is 0.246 e. The van der Waals surface area contributed by atoms with Crippen molar-refractivity contribution in [3.63, 3.8) is 0 Å². The molecule has 0 bridgehead atoms. The van der Waals surface area contributed by atoms with Crippen LogP contribution in [0.15, 0.2) is 93.9 Å². The summed E-state index contributed by atoms with van der Waals surface area (Å²) in [5.41, 5.74) is 1.33. The van der Waals surface area contributed by atoms with Crippen LogP contribution in [0.5, 0.6) is 11.5 Å². The summed E-state index contributed by atoms with van der Waals surface area (Å²) < 4.78 is 6.40. The van der Waals surface area contributed by atoms with Crippen molar-refractivity contribution in [2.45, 2.75) is 17.8 Å². The number of allylic oxidation sites excluding steroid dienone is 3. The van der Waals surface area contributed by atoms with Gasteiger partial charge in [0.15, 0.2) is 11.5 Å². The van der Waals surface area contributed by atoms with Crippen molar-refractivity contribution < 1.29 is 19.4 Å². The van der Waals surface area contributed by atoms with Gasteiger partial charge in [-0.05, 0) is 79.2 Å². The van der Waals surface area contributed by atoms with E-state index in [1.54, 1.807) is 36.4 Å². The molecule has 1 fully saturated rings. The lowest BCUT2D eigenvalue weighted by Gasteiger charge is -2.43. The third-order valence-corrected chi connectivity index (χ3v) is 9.66. The third kappa shape index (κ3) is 3.78. The average Bonchev–Trinajstić information content (AvgIpc) is 3.14. The Morgan fingerprint density at radius 2 is 1.84 bits per heavy atom. The molecule has 0 spiro atoms. The number of imide groups is 1. The second-order valence-corrected chi connectivity index (χ2v) is 11.0. The number of hydrogen-bond acceptors (Lipinski definition) is 4. The van der Waals surface area contributed by atoms with E-state index in [9.17, 15) is 14.7 Å². The summed E-state index contributed by atoms with van der Waals surface area (Å²) in [7, 11) is 1.46. The summed E-state index contributed by atoms with van der Waals surface area (Å²) in [5.74, 6) is -1.77. The summed E-state index contributed by atoms with van der Waals surface area (Å²) in [4.78, 5) is 30.1. The molecular formula is C29H22Br2ClNO4. The molecule has 8 heteroatoms. The molecule has 5 nitrogen and oxygen atoms in total. The molecule has 1 saturated heterocycles. The minimum Gasteiger partial charge on any atom is -0.503 e. The summed E-state index contributed by atoms with van der Waals surface area (Å²) in [6.45, 7) is 4.04. The van der Waals surface area contributed by atoms with Crippen molar-refractivity contribution in [2.75, 3.05) is 12.0 Å². The highest BCUT2D eigenvalue weighted by atomic mass is 79.9. The van der Waals surface area contributed by atoms with Gasteiger partial charge in [-0.3, -0.25) is 9.59 Å². The Morgan fingerprint density at radius 1 is 1.11 bits per heavy atom. The lowest BCUT2D eigenvalue weighted by molar-refractivity contribution is -0.123. The van der Waals surface area contributed by atoms with Gasteiger partial charge in [0.1, 0.15) is 0 Å². The number of phenols is 1. The first kappa shape index (κ1) is 25.8. The maximum absolute atomic E-state index is 14.7. The minimum absolute atomic E-state index is 0.0715. The maximum atomic E-state index is 14.7. The van der Waals surface area contributed by atoms with E-state index >= 15 is 0 Å². The molecule has 37 heavy (non-hydrogen) atoms. The molecule has 0 saturated carbocycles. The Bertz CT molecular complexity index is 1470. The number of nitrogens with zero attached hydrogens (tertiary/aromatic N) is 1. The quantitative estimate of drug-likeness (QED) is 0.296. The molecule has 3 aromatic rings. The third-order valence-electron chi connectivity index (χ3n) is 7.26. The Labute approximate surface area is 236 Å². The van der Waals surface area contributed by atoms with Gasteiger partial charge in [-0.15, -0.1) is 0 Å². The van der Waals surface area contributed by atoms with Crippen LogP contribution in [0.1, 0.15) is 23.5 Å². The van der Waals surface area contributed by atoms with Gasteiger partial charge in [0.05, 0.1) is 28.6 Å². The predicted molar refractivity (Wildman–Crippen MR) is 151 cm³/mol. The van der Waals surface area contributed by atoms with Gasteiger partial charge in [-0.25, -0.2) is 4.90 Å². The number of carbonyl (C=O) groups is 2. The monoisotopic (exact) mass is 641 g/mol. The second-order valence-electron chi connectivity index (χ2n) is 8.97. The Morgan fingerprint density at radius 3 is 2.49 bits per heavy atom. The van der Waals surface area contributed by atoms with Crippen LogP contribution in [-0.2, 0) is 15.0 Å². The number of anilines is 1. The van der Waals surface area contributed by atoms with Gasteiger partial charge in [-0.2, -0.15) is 0 Å². The number of amides is 2. The zero-order chi connectivity index (χ0) is 26.5. The van der Waals surface area contributed by atoms with Crippen molar-refractivity contribution in [1.29, 1.82) is 0 Å². The lowest BCUT2D eigenvalue weighted by atomic mass is 9.56. The topological polar surface area (TPSA) is 66.8 Å². The predicted octanol–water partition coefficient (Wildman–Crippen LogP) is 7.31. The van der Waals surface area contributed by atoms with Crippen LogP contribution in [0.4, 0.5) is 5.69 Å². The number of aromatic hydroxyl groups is 1. The molecule has 1 aliphatic carbocycles. The van der Waals surface area contributed by atoms with Crippen molar-refractivity contribution in [2.24, 2.45) is 5.92 Å². The summed E-state index contributed by atoms with van der Waals surface area (Å²) in [6, 6.07) is 17.9. The standard InChI is InChI=1S/C29H22Br2ClNO4/c1-3-16-12-13-21-27(35)33(19-11-7-10-18(32)14-19)28(36)29(21,17-8-5-4-6-9-17)23(16)20-15-22(37-2)26(34)25(31)24(20)30/h3-12,14-15,21,23,34H,1,13H2,2H3. The van der Waals surface area contributed by atoms with Crippen molar-refractivity contribution >= 4 is 61.0 Å². The highest BCUT2D eigenvalue weighted by molar-refractivity contribution is 9.13. The van der Waals surface area contributed by atoms with Crippen LogP contribution in [0, 0.1) is 5.92 Å². The van der Waals surface area contributed by atoms with Crippen LogP contribution in [0.25, 0.3) is 0 Å². The molecular weight excluding hydrogens is 622 g/mol. The Hall–Kier alpha value is -2.87. The normalized spacial score (nSPS) is 23.0. The maximum Gasteiger partial charge on any atom is 0.246 e. The summed E-state index contributed by atoms with van der Waals surface area (Å²) in [5, 5.41) is 11.1. The fraction of sp³-hybridized carbons (Fsp3) is 0.172. The van der Waals surface area contributed by atoms with E-state index in [0.29, 0.717) is 31.6 Å². The van der Waals surface area contributed by atoms with Gasteiger partial charge >= 0.3 is 0 Å². The zero-order valence-corrected chi connectivity index (χ0v) is 23.7. The highest BCUT2D eigenvalue weighted by Gasteiger charge is 2.66. The first-order valence-corrected chi connectivity index (χ1v) is 13.5. The molecule has 0 radical (unpaired) electrons. The average molecular weight is 644 g/mol. The number of carbonyl (C=O) groups excluding carboxylic acids is 2. The van der Waals surface area contributed by atoms with E-state index in [4.69, 9.17) is 16.3 Å². The fourth-order valence-electron chi connectivity index (χ4n) is 5.70. The van der Waals surface area contributed by atoms with Crippen molar-refractivity contribution in [3.05, 3.63) is 110 Å². The molecule has 1 aliphatic heterocycles. The van der Waals surface area contributed by atoms with Gasteiger partial charge in [0.25, 0.3) is 0 Å². The molecule has 1 N–H and O–H groups in total. The molecule has 2 amide bonds. The highest BCUT2D eigenvalue weighted by Crippen LogP contribution is 2.60. The van der Waals surface area contributed by atoms with Crippen LogP contribution >= 0.6 is 43.5 Å². The number of benzene rings is 3. The first-order chi connectivity index (χ1) is 17.8. The van der Waals surface area contributed by atoms with Gasteiger partial charge in [0.2, 0.25) is 11.8 Å². The van der Waals surface area contributed by atoms with E-state index in [1.165, 1.54) is 12.0 Å². The molecule has 3 aromatic carbocycles. The number of hydrogen-bond donors (Lipinski definition) is 1. The van der Waals surface area contributed by atoms with Gasteiger partial charge < -0.3 is 9.84 Å². The van der Waals surface area contributed by atoms with Crippen LogP contribution in [-0.4, -0.2) is 24.0 Å². The van der Waals surface area contributed by atoms with Crippen LogP contribution in [0.2, 0.25) is 5.02 Å². The molecule has 3 atom stereocenters. The van der Waals surface area contributed by atoms with Gasteiger partial charge in [0, 0.05) is 15.4 Å². The molecule has 188 valence electrons. The zero-order valence-electron chi connectivity index (χ0n) is 19.8. The molecule has 5 rings (SSSR count). The second kappa shape index (κ2) is 9.78. The van der Waals surface area contributed by atoms with Gasteiger partial charge in [-0.1, -0.05) is 66.7 Å². The lowest BCUT2D eigenvalue weighted by Crippen LogP contribution is -2.48. The molecule has 0 aromatic heterocycles. The first-order valence-electron chi connectivity index (χ1n) is 11.5. The largest absolute Gasteiger partial charge is 0.503 e. The van der Waals surface area contributed by atoms with Crippen molar-refractivity contribution in [3.8, 4) is 11.5 Å². The Balaban J connectivity index is 1.86. The van der Waals surface area contributed by atoms with E-state index in [-0.39, 0.29) is 23.3 Å². The Kier molecular flexibility index (Phi) is 6.81. The molecule has 2 aliphatic rings. The van der Waals surface area contributed by atoms with E-state index in [0.717, 1.165) is 11.1 Å². The summed E-state index contributed by atoms with van der Waals surface area (Å²) >= 11 is 13.4. The summed E-state index contributed by atoms with van der Waals surface area (Å²) in [6.07, 6.45) is 4.06. The van der Waals surface area contributed by atoms with Crippen LogP contribution in [0.3, 0.4) is 0 Å². The van der Waals surface area contributed by atoms with Crippen molar-refractivity contribution in [1.82, 2.24) is 0 Å². The number of fused-ring (bicyclic) bond motifs is 1. The van der Waals surface area contributed by atoms with E-state index < -0.39 is 17.3 Å². The number of methoxy groups -OCH3 is 1. The molecule has 1 heterocycles. The SMILES string of the molecule is C=CC1=CCC2C(=O)N(c3cccc(Cl)c3)C(=O)C2(c2ccccc2)C1c1cc(OC)c(O)c(Br)c1Br. The van der Waals surface area contributed by atoms with E-state index in [1.807, 2.05) is 36.4 Å². The van der Waals surface area contributed by atoms with E-state index in [2.05, 4.69) is 38.4 Å². The number of ether oxygens (including phenoxy) is 1. The number of halogens is 3. The molecule has 3 unspecified atom stereocenters. The van der Waals surface area contributed by atoms with Crippen LogP contribution < -0.4 is 9.64 Å². The minimum atomic E-state index is -1.29. The number of phenolic OH excluding ortho intramolecular Hbond substituents is 1. The fourth-order valence-corrected chi connectivity index (χ4v) is 6.84. The number of rotatable bonds is 5.